The topological polar surface area (TPSA) is 12.9 Å². The number of hydrogen-bond donors (Lipinski definition) is 0. The number of aromatic nitrogens is 1. The first-order chi connectivity index (χ1) is 6.42. The first-order valence-corrected chi connectivity index (χ1v) is 5.71. The average Bonchev–Trinajstić information content (AvgIpc) is 2.21. The Balaban J connectivity index is 2.69. The van der Waals surface area contributed by atoms with Crippen LogP contribution in [-0.4, -0.2) is 4.98 Å². The van der Waals surface area contributed by atoms with Gasteiger partial charge in [-0.05, 0) is 6.42 Å². The van der Waals surface area contributed by atoms with Crippen molar-refractivity contribution in [3.05, 3.63) is 28.3 Å². The molecule has 0 saturated heterocycles. The highest BCUT2D eigenvalue weighted by Gasteiger charge is 2.39. The van der Waals surface area contributed by atoms with Crippen molar-refractivity contribution >= 4 is 27.5 Å². The molecule has 1 aromatic heterocycles. The molecule has 76 valence electrons. The molecule has 4 heteroatoms. The van der Waals surface area contributed by atoms with Gasteiger partial charge in [0.1, 0.15) is 11.0 Å². The number of fused-ring (bicyclic) bond motifs is 1. The highest BCUT2D eigenvalue weighted by molar-refractivity contribution is 9.09. The maximum Gasteiger partial charge on any atom is 0.132 e. The second-order valence-corrected chi connectivity index (χ2v) is 5.74. The quantitative estimate of drug-likeness (QED) is 0.516. The fraction of sp³-hybridized carbons (Fsp3) is 0.500. The average molecular weight is 279 g/mol. The van der Waals surface area contributed by atoms with Gasteiger partial charge in [-0.25, -0.2) is 9.37 Å². The molecular weight excluding hydrogens is 268 g/mol. The second kappa shape index (κ2) is 3.17. The standard InChI is InChI=1S/C10H10BrClFN/c1-10(2)4-5(11)8-6(13)3-7(12)14-9(8)10/h3,5H,4H2,1-2H3. The van der Waals surface area contributed by atoms with Crippen molar-refractivity contribution < 1.29 is 4.39 Å². The monoisotopic (exact) mass is 277 g/mol. The zero-order valence-electron chi connectivity index (χ0n) is 7.94. The highest BCUT2D eigenvalue weighted by atomic mass is 79.9. The third-order valence-electron chi connectivity index (χ3n) is 2.62. The molecule has 1 nitrogen and oxygen atoms in total. The summed E-state index contributed by atoms with van der Waals surface area (Å²) in [5.41, 5.74) is 1.35. The molecule has 2 rings (SSSR count). The van der Waals surface area contributed by atoms with Gasteiger partial charge >= 0.3 is 0 Å². The summed E-state index contributed by atoms with van der Waals surface area (Å²) in [6, 6.07) is 1.27. The van der Waals surface area contributed by atoms with Gasteiger partial charge in [0, 0.05) is 21.9 Å². The van der Waals surface area contributed by atoms with E-state index in [9.17, 15) is 4.39 Å². The van der Waals surface area contributed by atoms with E-state index in [1.54, 1.807) is 0 Å². The Morgan fingerprint density at radius 3 is 2.93 bits per heavy atom. The summed E-state index contributed by atoms with van der Waals surface area (Å²) < 4.78 is 13.6. The summed E-state index contributed by atoms with van der Waals surface area (Å²) in [4.78, 5) is 4.27. The van der Waals surface area contributed by atoms with Crippen molar-refractivity contribution in [2.24, 2.45) is 0 Å². The molecule has 0 N–H and O–H groups in total. The van der Waals surface area contributed by atoms with Crippen molar-refractivity contribution in [2.45, 2.75) is 30.5 Å². The molecular formula is C10H10BrClFN. The molecule has 14 heavy (non-hydrogen) atoms. The Morgan fingerprint density at radius 2 is 2.29 bits per heavy atom. The number of nitrogens with zero attached hydrogens (tertiary/aromatic N) is 1. The molecule has 0 spiro atoms. The van der Waals surface area contributed by atoms with Crippen LogP contribution >= 0.6 is 27.5 Å². The SMILES string of the molecule is CC1(C)CC(Br)c2c(F)cc(Cl)nc21. The molecule has 1 unspecified atom stereocenters. The van der Waals surface area contributed by atoms with Gasteiger partial charge in [-0.15, -0.1) is 0 Å². The van der Waals surface area contributed by atoms with Crippen LogP contribution in [0.25, 0.3) is 0 Å². The molecule has 1 heterocycles. The van der Waals surface area contributed by atoms with Gasteiger partial charge in [-0.1, -0.05) is 41.4 Å². The number of pyridine rings is 1. The van der Waals surface area contributed by atoms with Crippen molar-refractivity contribution in [3.8, 4) is 0 Å². The maximum absolute atomic E-state index is 13.6. The van der Waals surface area contributed by atoms with E-state index < -0.39 is 0 Å². The number of rotatable bonds is 0. The molecule has 0 amide bonds. The molecule has 0 bridgehead atoms. The molecule has 1 aliphatic carbocycles. The van der Waals surface area contributed by atoms with Crippen LogP contribution in [-0.2, 0) is 5.41 Å². The lowest BCUT2D eigenvalue weighted by Gasteiger charge is -2.17. The van der Waals surface area contributed by atoms with Crippen molar-refractivity contribution in [1.82, 2.24) is 4.98 Å². The third-order valence-corrected chi connectivity index (χ3v) is 3.60. The molecule has 0 saturated carbocycles. The van der Waals surface area contributed by atoms with E-state index >= 15 is 0 Å². The minimum Gasteiger partial charge on any atom is -0.240 e. The maximum atomic E-state index is 13.6. The summed E-state index contributed by atoms with van der Waals surface area (Å²) >= 11 is 9.20. The predicted octanol–water partition coefficient (Wildman–Crippen LogP) is 3.99. The lowest BCUT2D eigenvalue weighted by molar-refractivity contribution is 0.508. The Morgan fingerprint density at radius 1 is 1.64 bits per heavy atom. The van der Waals surface area contributed by atoms with Crippen molar-refractivity contribution in [1.29, 1.82) is 0 Å². The zero-order chi connectivity index (χ0) is 10.5. The van der Waals surface area contributed by atoms with E-state index in [1.807, 2.05) is 0 Å². The third kappa shape index (κ3) is 1.47. The van der Waals surface area contributed by atoms with Crippen molar-refractivity contribution in [2.75, 3.05) is 0 Å². The smallest absolute Gasteiger partial charge is 0.132 e. The van der Waals surface area contributed by atoms with Crippen LogP contribution in [0.5, 0.6) is 0 Å². The molecule has 0 aliphatic heterocycles. The summed E-state index contributed by atoms with van der Waals surface area (Å²) in [7, 11) is 0. The second-order valence-electron chi connectivity index (χ2n) is 4.24. The molecule has 0 fully saturated rings. The van der Waals surface area contributed by atoms with Gasteiger partial charge in [0.15, 0.2) is 0 Å². The summed E-state index contributed by atoms with van der Waals surface area (Å²) in [6.45, 7) is 4.10. The lowest BCUT2D eigenvalue weighted by atomic mass is 9.90. The van der Waals surface area contributed by atoms with Gasteiger partial charge in [-0.3, -0.25) is 0 Å². The van der Waals surface area contributed by atoms with E-state index in [0.29, 0.717) is 5.56 Å². The minimum atomic E-state index is -0.257. The Kier molecular flexibility index (Phi) is 2.35. The predicted molar refractivity (Wildman–Crippen MR) is 58.5 cm³/mol. The van der Waals surface area contributed by atoms with E-state index in [0.717, 1.165) is 12.1 Å². The summed E-state index contributed by atoms with van der Waals surface area (Å²) in [5, 5.41) is 0.232. The fourth-order valence-electron chi connectivity index (χ4n) is 1.96. The van der Waals surface area contributed by atoms with E-state index in [-0.39, 0.29) is 21.2 Å². The van der Waals surface area contributed by atoms with Gasteiger partial charge in [0.05, 0.1) is 5.69 Å². The Labute approximate surface area is 95.8 Å². The normalized spacial score (nSPS) is 23.6. The minimum absolute atomic E-state index is 0.0530. The van der Waals surface area contributed by atoms with Crippen molar-refractivity contribution in [3.63, 3.8) is 0 Å². The van der Waals surface area contributed by atoms with Crippen LogP contribution in [0.4, 0.5) is 4.39 Å². The Hall–Kier alpha value is -0.150. The number of hydrogen-bond acceptors (Lipinski definition) is 1. The first-order valence-electron chi connectivity index (χ1n) is 4.42. The molecule has 0 radical (unpaired) electrons. The van der Waals surface area contributed by atoms with Gasteiger partial charge in [0.2, 0.25) is 0 Å². The summed E-state index contributed by atoms with van der Waals surface area (Å²) in [6.07, 6.45) is 0.854. The molecule has 1 atom stereocenters. The first kappa shape index (κ1) is 10.4. The number of halogens is 3. The zero-order valence-corrected chi connectivity index (χ0v) is 10.3. The number of alkyl halides is 1. The van der Waals surface area contributed by atoms with Crippen LogP contribution < -0.4 is 0 Å². The van der Waals surface area contributed by atoms with E-state index in [1.165, 1.54) is 6.07 Å². The van der Waals surface area contributed by atoms with Gasteiger partial charge < -0.3 is 0 Å². The van der Waals surface area contributed by atoms with Gasteiger partial charge in [-0.2, -0.15) is 0 Å². The van der Waals surface area contributed by atoms with Crippen LogP contribution in [0.1, 0.15) is 36.4 Å². The van der Waals surface area contributed by atoms with Crippen LogP contribution in [0, 0.1) is 5.82 Å². The summed E-state index contributed by atoms with van der Waals surface area (Å²) in [5.74, 6) is -0.257. The van der Waals surface area contributed by atoms with Crippen LogP contribution in [0.15, 0.2) is 6.07 Å². The molecule has 1 aliphatic rings. The van der Waals surface area contributed by atoms with E-state index in [4.69, 9.17) is 11.6 Å². The largest absolute Gasteiger partial charge is 0.240 e. The van der Waals surface area contributed by atoms with Crippen LogP contribution in [0.2, 0.25) is 5.15 Å². The molecule has 1 aromatic rings. The molecule has 0 aromatic carbocycles. The van der Waals surface area contributed by atoms with E-state index in [2.05, 4.69) is 34.8 Å². The van der Waals surface area contributed by atoms with Gasteiger partial charge in [0.25, 0.3) is 0 Å². The fourth-order valence-corrected chi connectivity index (χ4v) is 3.38. The Bertz CT molecular complexity index is 392. The highest BCUT2D eigenvalue weighted by Crippen LogP contribution is 2.48. The lowest BCUT2D eigenvalue weighted by Crippen LogP contribution is -2.14. The van der Waals surface area contributed by atoms with Crippen LogP contribution in [0.3, 0.4) is 0 Å².